The third-order valence-corrected chi connectivity index (χ3v) is 3.91. The second-order valence-electron chi connectivity index (χ2n) is 5.08. The Bertz CT molecular complexity index is 435. The zero-order valence-corrected chi connectivity index (χ0v) is 11.4. The fraction of sp³-hybridized carbons (Fsp3) is 0.571. The van der Waals surface area contributed by atoms with E-state index in [0.29, 0.717) is 17.5 Å². The molecule has 5 nitrogen and oxygen atoms in total. The van der Waals surface area contributed by atoms with Crippen LogP contribution in [0, 0.1) is 11.8 Å². The lowest BCUT2D eigenvalue weighted by molar-refractivity contribution is 0.0958. The second kappa shape index (κ2) is 6.52. The van der Waals surface area contributed by atoms with Gasteiger partial charge in [0.25, 0.3) is 5.91 Å². The van der Waals surface area contributed by atoms with E-state index in [0.717, 1.165) is 18.8 Å². The lowest BCUT2D eigenvalue weighted by Gasteiger charge is -2.19. The van der Waals surface area contributed by atoms with E-state index in [1.54, 1.807) is 19.3 Å². The van der Waals surface area contributed by atoms with Crippen molar-refractivity contribution in [2.24, 2.45) is 17.6 Å². The maximum Gasteiger partial charge on any atom is 0.269 e. The number of nitrogens with two attached hydrogens (primary N) is 1. The molecule has 0 spiro atoms. The average Bonchev–Trinajstić information content (AvgIpc) is 2.92. The van der Waals surface area contributed by atoms with Crippen LogP contribution >= 0.6 is 0 Å². The van der Waals surface area contributed by atoms with Crippen molar-refractivity contribution < 1.29 is 4.79 Å². The van der Waals surface area contributed by atoms with Gasteiger partial charge in [-0.15, -0.1) is 0 Å². The standard InChI is InChI=1S/C14H22N4O/c1-16-14(19)13-7-12(5-6-17-13)18-9-11-4-2-3-10(11)8-15/h5-7,10-11H,2-4,8-9,15H2,1H3,(H,16,19)(H,17,18). The summed E-state index contributed by atoms with van der Waals surface area (Å²) in [5.41, 5.74) is 7.16. The van der Waals surface area contributed by atoms with Gasteiger partial charge in [-0.05, 0) is 43.4 Å². The number of amides is 1. The average molecular weight is 262 g/mol. The second-order valence-corrected chi connectivity index (χ2v) is 5.08. The first-order valence-electron chi connectivity index (χ1n) is 6.86. The van der Waals surface area contributed by atoms with Crippen LogP contribution in [-0.4, -0.2) is 31.0 Å². The molecular weight excluding hydrogens is 240 g/mol. The first-order chi connectivity index (χ1) is 9.24. The molecule has 1 heterocycles. The van der Waals surface area contributed by atoms with Gasteiger partial charge >= 0.3 is 0 Å². The van der Waals surface area contributed by atoms with Crippen molar-refractivity contribution in [3.63, 3.8) is 0 Å². The van der Waals surface area contributed by atoms with Crippen molar-refractivity contribution in [2.45, 2.75) is 19.3 Å². The number of nitrogens with one attached hydrogen (secondary N) is 2. The fourth-order valence-corrected chi connectivity index (χ4v) is 2.73. The SMILES string of the molecule is CNC(=O)c1cc(NCC2CCCC2CN)ccn1. The Morgan fingerprint density at radius 2 is 2.26 bits per heavy atom. The van der Waals surface area contributed by atoms with E-state index in [2.05, 4.69) is 15.6 Å². The third-order valence-electron chi connectivity index (χ3n) is 3.91. The first kappa shape index (κ1) is 13.8. The van der Waals surface area contributed by atoms with Crippen molar-refractivity contribution in [3.05, 3.63) is 24.0 Å². The maximum absolute atomic E-state index is 11.5. The van der Waals surface area contributed by atoms with Gasteiger partial charge in [-0.1, -0.05) is 6.42 Å². The van der Waals surface area contributed by atoms with Crippen LogP contribution in [0.5, 0.6) is 0 Å². The predicted molar refractivity (Wildman–Crippen MR) is 76.0 cm³/mol. The van der Waals surface area contributed by atoms with Gasteiger partial charge < -0.3 is 16.4 Å². The highest BCUT2D eigenvalue weighted by Gasteiger charge is 2.25. The molecule has 1 aromatic heterocycles. The molecule has 1 amide bonds. The van der Waals surface area contributed by atoms with Gasteiger partial charge in [-0.2, -0.15) is 0 Å². The van der Waals surface area contributed by atoms with Gasteiger partial charge in [-0.25, -0.2) is 0 Å². The zero-order valence-electron chi connectivity index (χ0n) is 11.4. The molecule has 104 valence electrons. The smallest absolute Gasteiger partial charge is 0.269 e. The van der Waals surface area contributed by atoms with Crippen molar-refractivity contribution in [2.75, 3.05) is 25.5 Å². The summed E-state index contributed by atoms with van der Waals surface area (Å²) in [7, 11) is 1.61. The van der Waals surface area contributed by atoms with E-state index in [1.165, 1.54) is 19.3 Å². The normalized spacial score (nSPS) is 22.2. The van der Waals surface area contributed by atoms with Gasteiger partial charge in [0, 0.05) is 25.5 Å². The van der Waals surface area contributed by atoms with Crippen LogP contribution in [-0.2, 0) is 0 Å². The van der Waals surface area contributed by atoms with Crippen molar-refractivity contribution in [1.29, 1.82) is 0 Å². The van der Waals surface area contributed by atoms with Crippen LogP contribution in [0.1, 0.15) is 29.8 Å². The molecule has 19 heavy (non-hydrogen) atoms. The van der Waals surface area contributed by atoms with Crippen LogP contribution in [0.4, 0.5) is 5.69 Å². The number of carbonyl (C=O) groups excluding carboxylic acids is 1. The topological polar surface area (TPSA) is 80.0 Å². The quantitative estimate of drug-likeness (QED) is 0.745. The minimum atomic E-state index is -0.163. The molecule has 0 aliphatic heterocycles. The molecule has 2 rings (SSSR count). The Hall–Kier alpha value is -1.62. The Kier molecular flexibility index (Phi) is 4.74. The van der Waals surface area contributed by atoms with Crippen molar-refractivity contribution in [3.8, 4) is 0 Å². The van der Waals surface area contributed by atoms with E-state index in [-0.39, 0.29) is 5.91 Å². The van der Waals surface area contributed by atoms with Crippen molar-refractivity contribution in [1.82, 2.24) is 10.3 Å². The fourth-order valence-electron chi connectivity index (χ4n) is 2.73. The molecule has 2 atom stereocenters. The highest BCUT2D eigenvalue weighted by molar-refractivity contribution is 5.92. The number of carbonyl (C=O) groups is 1. The van der Waals surface area contributed by atoms with Crippen molar-refractivity contribution >= 4 is 11.6 Å². The Labute approximate surface area is 114 Å². The number of rotatable bonds is 5. The lowest BCUT2D eigenvalue weighted by Crippen LogP contribution is -2.24. The number of pyridine rings is 1. The monoisotopic (exact) mass is 262 g/mol. The minimum Gasteiger partial charge on any atom is -0.385 e. The molecule has 1 saturated carbocycles. The molecule has 0 radical (unpaired) electrons. The first-order valence-corrected chi connectivity index (χ1v) is 6.86. The Balaban J connectivity index is 1.94. The summed E-state index contributed by atoms with van der Waals surface area (Å²) in [4.78, 5) is 15.6. The molecule has 1 aromatic rings. The number of hydrogen-bond acceptors (Lipinski definition) is 4. The summed E-state index contributed by atoms with van der Waals surface area (Å²) in [5.74, 6) is 1.11. The summed E-state index contributed by atoms with van der Waals surface area (Å²) >= 11 is 0. The molecule has 5 heteroatoms. The summed E-state index contributed by atoms with van der Waals surface area (Å²) in [6.45, 7) is 1.69. The molecule has 0 aromatic carbocycles. The number of nitrogens with zero attached hydrogens (tertiary/aromatic N) is 1. The molecule has 1 fully saturated rings. The summed E-state index contributed by atoms with van der Waals surface area (Å²) in [6.07, 6.45) is 5.40. The minimum absolute atomic E-state index is 0.163. The molecule has 1 aliphatic carbocycles. The van der Waals surface area contributed by atoms with E-state index in [9.17, 15) is 4.79 Å². The van der Waals surface area contributed by atoms with E-state index in [4.69, 9.17) is 5.73 Å². The van der Waals surface area contributed by atoms with Gasteiger partial charge in [0.05, 0.1) is 0 Å². The van der Waals surface area contributed by atoms with Gasteiger partial charge in [-0.3, -0.25) is 9.78 Å². The van der Waals surface area contributed by atoms with Gasteiger partial charge in [0.15, 0.2) is 0 Å². The van der Waals surface area contributed by atoms with Gasteiger partial charge in [0.1, 0.15) is 5.69 Å². The molecule has 1 aliphatic rings. The molecular formula is C14H22N4O. The van der Waals surface area contributed by atoms with E-state index >= 15 is 0 Å². The highest BCUT2D eigenvalue weighted by atomic mass is 16.1. The number of aromatic nitrogens is 1. The maximum atomic E-state index is 11.5. The predicted octanol–water partition coefficient (Wildman–Crippen LogP) is 1.23. The molecule has 4 N–H and O–H groups in total. The van der Waals surface area contributed by atoms with Crippen LogP contribution < -0.4 is 16.4 Å². The highest BCUT2D eigenvalue weighted by Crippen LogP contribution is 2.30. The van der Waals surface area contributed by atoms with E-state index < -0.39 is 0 Å². The molecule has 0 bridgehead atoms. The molecule has 2 unspecified atom stereocenters. The van der Waals surface area contributed by atoms with Crippen LogP contribution in [0.25, 0.3) is 0 Å². The third kappa shape index (κ3) is 3.44. The van der Waals surface area contributed by atoms with Crippen LogP contribution in [0.15, 0.2) is 18.3 Å². The summed E-state index contributed by atoms with van der Waals surface area (Å²) in [5, 5.41) is 5.97. The lowest BCUT2D eigenvalue weighted by atomic mass is 9.96. The zero-order chi connectivity index (χ0) is 13.7. The number of anilines is 1. The summed E-state index contributed by atoms with van der Waals surface area (Å²) < 4.78 is 0. The van der Waals surface area contributed by atoms with Gasteiger partial charge in [0.2, 0.25) is 0 Å². The largest absolute Gasteiger partial charge is 0.385 e. The Morgan fingerprint density at radius 1 is 1.47 bits per heavy atom. The van der Waals surface area contributed by atoms with Crippen LogP contribution in [0.2, 0.25) is 0 Å². The van der Waals surface area contributed by atoms with E-state index in [1.807, 2.05) is 6.07 Å². The van der Waals surface area contributed by atoms with Crippen LogP contribution in [0.3, 0.4) is 0 Å². The summed E-state index contributed by atoms with van der Waals surface area (Å²) in [6, 6.07) is 3.67. The number of hydrogen-bond donors (Lipinski definition) is 3. The molecule has 0 saturated heterocycles. The Morgan fingerprint density at radius 3 is 3.00 bits per heavy atom.